The predicted molar refractivity (Wildman–Crippen MR) is 166 cm³/mol. The molecule has 1 amide bonds. The fraction of sp³-hybridized carbons (Fsp3) is 0.303. The van der Waals surface area contributed by atoms with Gasteiger partial charge in [-0.1, -0.05) is 42.5 Å². The number of rotatable bonds is 10. The molecule has 5 rings (SSSR count). The third-order valence-electron chi connectivity index (χ3n) is 7.34. The first-order chi connectivity index (χ1) is 21.9. The minimum Gasteiger partial charge on any atom is -0.489 e. The zero-order valence-electron chi connectivity index (χ0n) is 25.2. The van der Waals surface area contributed by atoms with Gasteiger partial charge < -0.3 is 14.4 Å². The molecule has 2 heterocycles. The standard InChI is InChI=1S/C33H33F3N4O5S/c1-22(2)44-29-13-10-26(20-28(29)39-46(42,43)21-23-6-4-3-5-7-23)32(41)40-18-16-25(17-19-40)24-8-11-27(12-9-24)45-31-15-14-30(37-38-31)33(34,35)36/h3-15,20,22,25,39H,16-19,21H2,1-2H3. The highest BCUT2D eigenvalue weighted by Gasteiger charge is 2.33. The summed E-state index contributed by atoms with van der Waals surface area (Å²) in [5.74, 6) is 0.441. The average Bonchev–Trinajstić information content (AvgIpc) is 3.02. The summed E-state index contributed by atoms with van der Waals surface area (Å²) in [4.78, 5) is 15.2. The third kappa shape index (κ3) is 8.53. The summed E-state index contributed by atoms with van der Waals surface area (Å²) in [6.45, 7) is 4.67. The number of piperidine rings is 1. The number of benzene rings is 3. The second-order valence-corrected chi connectivity index (χ2v) is 12.9. The van der Waals surface area contributed by atoms with Crippen molar-refractivity contribution < 1.29 is 35.9 Å². The van der Waals surface area contributed by atoms with Gasteiger partial charge in [0, 0.05) is 24.7 Å². The number of carbonyl (C=O) groups is 1. The molecular formula is C33H33F3N4O5S. The minimum absolute atomic E-state index is 0.0523. The lowest BCUT2D eigenvalue weighted by molar-refractivity contribution is -0.141. The Morgan fingerprint density at radius 2 is 1.65 bits per heavy atom. The van der Waals surface area contributed by atoms with E-state index in [1.54, 1.807) is 53.4 Å². The largest absolute Gasteiger partial charge is 0.489 e. The van der Waals surface area contributed by atoms with Crippen LogP contribution in [0.3, 0.4) is 0 Å². The molecule has 3 aromatic carbocycles. The van der Waals surface area contributed by atoms with E-state index in [4.69, 9.17) is 9.47 Å². The number of ether oxygens (including phenoxy) is 2. The first-order valence-corrected chi connectivity index (χ1v) is 16.3. The van der Waals surface area contributed by atoms with Gasteiger partial charge in [-0.3, -0.25) is 9.52 Å². The van der Waals surface area contributed by atoms with Gasteiger partial charge in [-0.05, 0) is 80.1 Å². The van der Waals surface area contributed by atoms with E-state index in [0.29, 0.717) is 48.6 Å². The first-order valence-electron chi connectivity index (χ1n) is 14.7. The molecule has 1 aliphatic rings. The zero-order chi connectivity index (χ0) is 32.9. The van der Waals surface area contributed by atoms with Crippen LogP contribution in [-0.2, 0) is 22.0 Å². The maximum atomic E-state index is 13.5. The predicted octanol–water partition coefficient (Wildman–Crippen LogP) is 7.04. The van der Waals surface area contributed by atoms with Crippen LogP contribution in [0.5, 0.6) is 17.4 Å². The molecule has 0 bridgehead atoms. The van der Waals surface area contributed by atoms with Crippen molar-refractivity contribution in [2.75, 3.05) is 17.8 Å². The summed E-state index contributed by atoms with van der Waals surface area (Å²) in [6.07, 6.45) is -3.37. The molecule has 0 aliphatic carbocycles. The molecule has 46 heavy (non-hydrogen) atoms. The maximum absolute atomic E-state index is 13.5. The summed E-state index contributed by atoms with van der Waals surface area (Å²) in [5.41, 5.74) is 1.13. The van der Waals surface area contributed by atoms with Gasteiger partial charge in [0.2, 0.25) is 15.9 Å². The SMILES string of the molecule is CC(C)Oc1ccc(C(=O)N2CCC(c3ccc(Oc4ccc(C(F)(F)F)nn4)cc3)CC2)cc1NS(=O)(=O)Cc1ccccc1. The Bertz CT molecular complexity index is 1740. The van der Waals surface area contributed by atoms with Crippen LogP contribution in [0, 0.1) is 0 Å². The number of aromatic nitrogens is 2. The summed E-state index contributed by atoms with van der Waals surface area (Å²) in [6, 6.07) is 22.7. The molecule has 0 radical (unpaired) electrons. The number of alkyl halides is 3. The summed E-state index contributed by atoms with van der Waals surface area (Å²) in [7, 11) is -3.79. The third-order valence-corrected chi connectivity index (χ3v) is 8.59. The summed E-state index contributed by atoms with van der Waals surface area (Å²) >= 11 is 0. The summed E-state index contributed by atoms with van der Waals surface area (Å²) in [5, 5.41) is 6.65. The van der Waals surface area contributed by atoms with Crippen molar-refractivity contribution in [3.05, 3.63) is 107 Å². The van der Waals surface area contributed by atoms with Crippen LogP contribution >= 0.6 is 0 Å². The van der Waals surface area contributed by atoms with E-state index in [2.05, 4.69) is 14.9 Å². The average molecular weight is 655 g/mol. The van der Waals surface area contributed by atoms with Crippen molar-refractivity contribution in [2.45, 2.75) is 50.6 Å². The monoisotopic (exact) mass is 654 g/mol. The number of anilines is 1. The van der Waals surface area contributed by atoms with Gasteiger partial charge >= 0.3 is 6.18 Å². The van der Waals surface area contributed by atoms with Gasteiger partial charge in [0.15, 0.2) is 5.69 Å². The van der Waals surface area contributed by atoms with Gasteiger partial charge in [-0.2, -0.15) is 13.2 Å². The summed E-state index contributed by atoms with van der Waals surface area (Å²) < 4.78 is 78.1. The van der Waals surface area contributed by atoms with Gasteiger partial charge in [-0.25, -0.2) is 8.42 Å². The van der Waals surface area contributed by atoms with Crippen molar-refractivity contribution in [1.82, 2.24) is 15.1 Å². The molecule has 1 saturated heterocycles. The molecule has 242 valence electrons. The van der Waals surface area contributed by atoms with Crippen molar-refractivity contribution in [3.63, 3.8) is 0 Å². The Hall–Kier alpha value is -4.65. The molecule has 1 fully saturated rings. The van der Waals surface area contributed by atoms with E-state index in [9.17, 15) is 26.4 Å². The molecule has 0 spiro atoms. The van der Waals surface area contributed by atoms with Crippen LogP contribution in [0.1, 0.15) is 59.8 Å². The number of amides is 1. The fourth-order valence-corrected chi connectivity index (χ4v) is 6.35. The van der Waals surface area contributed by atoms with Crippen molar-refractivity contribution >= 4 is 21.6 Å². The molecule has 0 atom stereocenters. The number of sulfonamides is 1. The van der Waals surface area contributed by atoms with Crippen molar-refractivity contribution in [3.8, 4) is 17.4 Å². The van der Waals surface area contributed by atoms with Gasteiger partial charge in [-0.15, -0.1) is 10.2 Å². The second kappa shape index (κ2) is 13.8. The highest BCUT2D eigenvalue weighted by atomic mass is 32.2. The van der Waals surface area contributed by atoms with Crippen LogP contribution in [0.25, 0.3) is 0 Å². The Kier molecular flexibility index (Phi) is 9.80. The lowest BCUT2D eigenvalue weighted by Crippen LogP contribution is -2.38. The van der Waals surface area contributed by atoms with Crippen LogP contribution in [0.4, 0.5) is 18.9 Å². The highest BCUT2D eigenvalue weighted by molar-refractivity contribution is 7.91. The minimum atomic E-state index is -4.58. The van der Waals surface area contributed by atoms with Crippen molar-refractivity contribution in [2.24, 2.45) is 0 Å². The lowest BCUT2D eigenvalue weighted by Gasteiger charge is -2.32. The number of halogens is 3. The molecule has 0 unspecified atom stereocenters. The number of hydrogen-bond donors (Lipinski definition) is 1. The molecule has 4 aromatic rings. The topological polar surface area (TPSA) is 111 Å². The number of nitrogens with zero attached hydrogens (tertiary/aromatic N) is 3. The first kappa shape index (κ1) is 32.7. The molecule has 1 aliphatic heterocycles. The Morgan fingerprint density at radius 3 is 2.26 bits per heavy atom. The van der Waals surface area contributed by atoms with E-state index < -0.39 is 21.9 Å². The molecule has 9 nitrogen and oxygen atoms in total. The number of carbonyl (C=O) groups excluding carboxylic acids is 1. The van der Waals surface area contributed by atoms with Crippen LogP contribution in [0.15, 0.2) is 84.9 Å². The fourth-order valence-electron chi connectivity index (χ4n) is 5.15. The van der Waals surface area contributed by atoms with E-state index >= 15 is 0 Å². The van der Waals surface area contributed by atoms with Crippen LogP contribution in [-0.4, -0.2) is 48.6 Å². The van der Waals surface area contributed by atoms with E-state index in [1.807, 2.05) is 32.0 Å². The number of nitrogens with one attached hydrogen (secondary N) is 1. The molecule has 1 N–H and O–H groups in total. The number of likely N-dealkylation sites (tertiary alicyclic amines) is 1. The normalized spacial score (nSPS) is 14.3. The molecule has 0 saturated carbocycles. The maximum Gasteiger partial charge on any atom is 0.435 e. The van der Waals surface area contributed by atoms with E-state index in [0.717, 1.165) is 17.7 Å². The van der Waals surface area contributed by atoms with Gasteiger partial charge in [0.05, 0.1) is 17.5 Å². The Morgan fingerprint density at radius 1 is 0.957 bits per heavy atom. The quantitative estimate of drug-likeness (QED) is 0.195. The lowest BCUT2D eigenvalue weighted by atomic mass is 9.89. The van der Waals surface area contributed by atoms with Gasteiger partial charge in [0.1, 0.15) is 11.5 Å². The van der Waals surface area contributed by atoms with Gasteiger partial charge in [0.25, 0.3) is 5.91 Å². The van der Waals surface area contributed by atoms with Crippen molar-refractivity contribution in [1.29, 1.82) is 0 Å². The Labute approximate surface area is 265 Å². The smallest absolute Gasteiger partial charge is 0.435 e. The van der Waals surface area contributed by atoms with Crippen LogP contribution < -0.4 is 14.2 Å². The zero-order valence-corrected chi connectivity index (χ0v) is 26.0. The highest BCUT2D eigenvalue weighted by Crippen LogP contribution is 2.33. The molecular weight excluding hydrogens is 621 g/mol. The number of hydrogen-bond acceptors (Lipinski definition) is 7. The Balaban J connectivity index is 1.21. The van der Waals surface area contributed by atoms with Crippen LogP contribution in [0.2, 0.25) is 0 Å². The molecule has 1 aromatic heterocycles. The van der Waals surface area contributed by atoms with E-state index in [1.165, 1.54) is 6.07 Å². The van der Waals surface area contributed by atoms with E-state index in [-0.39, 0.29) is 35.2 Å². The second-order valence-electron chi connectivity index (χ2n) is 11.2. The molecule has 13 heteroatoms.